The highest BCUT2D eigenvalue weighted by molar-refractivity contribution is 6.08. The van der Waals surface area contributed by atoms with Crippen molar-refractivity contribution < 1.29 is 19.1 Å². The molecule has 0 aromatic heterocycles. The van der Waals surface area contributed by atoms with Crippen LogP contribution in [0.5, 0.6) is 11.5 Å². The van der Waals surface area contributed by atoms with Gasteiger partial charge in [0.1, 0.15) is 25.3 Å². The average Bonchev–Trinajstić information content (AvgIpc) is 2.42. The maximum atomic E-state index is 12.4. The van der Waals surface area contributed by atoms with Crippen LogP contribution in [0.3, 0.4) is 0 Å². The summed E-state index contributed by atoms with van der Waals surface area (Å²) in [5, 5.41) is 2.68. The van der Waals surface area contributed by atoms with E-state index < -0.39 is 5.54 Å². The van der Waals surface area contributed by atoms with Crippen molar-refractivity contribution in [1.29, 1.82) is 0 Å². The lowest BCUT2D eigenvalue weighted by atomic mass is 10.00. The van der Waals surface area contributed by atoms with Crippen LogP contribution < -0.4 is 19.7 Å². The van der Waals surface area contributed by atoms with Gasteiger partial charge in [-0.1, -0.05) is 0 Å². The lowest BCUT2D eigenvalue weighted by Gasteiger charge is -2.37. The van der Waals surface area contributed by atoms with E-state index in [1.54, 1.807) is 32.0 Å². The van der Waals surface area contributed by atoms with Gasteiger partial charge in [0.15, 0.2) is 11.5 Å². The molecule has 0 bridgehead atoms. The lowest BCUT2D eigenvalue weighted by molar-refractivity contribution is -0.134. The maximum Gasteiger partial charge on any atom is 0.252 e. The van der Waals surface area contributed by atoms with Crippen molar-refractivity contribution in [2.75, 3.05) is 24.7 Å². The second-order valence-electron chi connectivity index (χ2n) is 5.39. The topological polar surface area (TPSA) is 67.9 Å². The van der Waals surface area contributed by atoms with Gasteiger partial charge in [0.05, 0.1) is 0 Å². The number of nitrogens with zero attached hydrogens (tertiary/aromatic N) is 1. The lowest BCUT2D eigenvalue weighted by Crippen LogP contribution is -2.64. The van der Waals surface area contributed by atoms with Crippen LogP contribution in [-0.4, -0.2) is 37.1 Å². The van der Waals surface area contributed by atoms with Crippen LogP contribution >= 0.6 is 0 Å². The summed E-state index contributed by atoms with van der Waals surface area (Å²) in [5.41, 5.74) is -0.259. The van der Waals surface area contributed by atoms with Crippen LogP contribution in [0, 0.1) is 0 Å². The minimum atomic E-state index is -0.900. The Labute approximate surface area is 116 Å². The van der Waals surface area contributed by atoms with Gasteiger partial charge in [-0.05, 0) is 26.0 Å². The first-order chi connectivity index (χ1) is 9.47. The predicted molar refractivity (Wildman–Crippen MR) is 72.0 cm³/mol. The van der Waals surface area contributed by atoms with E-state index >= 15 is 0 Å². The largest absolute Gasteiger partial charge is 0.486 e. The smallest absolute Gasteiger partial charge is 0.252 e. The Morgan fingerprint density at radius 3 is 2.60 bits per heavy atom. The maximum absolute atomic E-state index is 12.4. The number of hydrogen-bond donors (Lipinski definition) is 1. The van der Waals surface area contributed by atoms with Crippen LogP contribution in [0.2, 0.25) is 0 Å². The number of fused-ring (bicyclic) bond motifs is 1. The van der Waals surface area contributed by atoms with Gasteiger partial charge in [-0.15, -0.1) is 0 Å². The summed E-state index contributed by atoms with van der Waals surface area (Å²) in [6.45, 7) is 4.40. The van der Waals surface area contributed by atoms with Gasteiger partial charge in [-0.3, -0.25) is 9.59 Å². The molecule has 0 spiro atoms. The van der Waals surface area contributed by atoms with Crippen LogP contribution in [-0.2, 0) is 9.59 Å². The summed E-state index contributed by atoms with van der Waals surface area (Å²) < 4.78 is 11.0. The Morgan fingerprint density at radius 1 is 1.15 bits per heavy atom. The van der Waals surface area contributed by atoms with E-state index in [0.717, 1.165) is 0 Å². The summed E-state index contributed by atoms with van der Waals surface area (Å²) in [6.07, 6.45) is 0. The molecule has 0 saturated carbocycles. The van der Waals surface area contributed by atoms with Crippen LogP contribution in [0.15, 0.2) is 18.2 Å². The Balaban J connectivity index is 1.95. The van der Waals surface area contributed by atoms with E-state index in [4.69, 9.17) is 9.47 Å². The van der Waals surface area contributed by atoms with E-state index in [1.807, 2.05) is 0 Å². The number of anilines is 1. The van der Waals surface area contributed by atoms with E-state index in [-0.39, 0.29) is 18.4 Å². The Morgan fingerprint density at radius 2 is 1.85 bits per heavy atom. The van der Waals surface area contributed by atoms with Gasteiger partial charge in [-0.2, -0.15) is 0 Å². The summed E-state index contributed by atoms with van der Waals surface area (Å²) in [7, 11) is 0. The number of benzene rings is 1. The minimum absolute atomic E-state index is 0.0158. The van der Waals surface area contributed by atoms with Crippen molar-refractivity contribution in [2.24, 2.45) is 0 Å². The molecule has 2 heterocycles. The standard InChI is InChI=1S/C14H16N2O4/c1-14(2)13(18)16(8-12(17)15-14)9-3-4-10-11(7-9)20-6-5-19-10/h3-4,7H,5-6,8H2,1-2H3,(H,15,17). The number of nitrogens with one attached hydrogen (secondary N) is 1. The summed E-state index contributed by atoms with van der Waals surface area (Å²) in [5.74, 6) is 0.941. The molecule has 2 aliphatic heterocycles. The molecule has 1 fully saturated rings. The number of piperazine rings is 1. The molecule has 2 amide bonds. The third-order valence-corrected chi connectivity index (χ3v) is 3.37. The number of hydrogen-bond acceptors (Lipinski definition) is 4. The van der Waals surface area contributed by atoms with Crippen molar-refractivity contribution in [3.63, 3.8) is 0 Å². The zero-order valence-corrected chi connectivity index (χ0v) is 11.4. The first-order valence-corrected chi connectivity index (χ1v) is 6.50. The second-order valence-corrected chi connectivity index (χ2v) is 5.39. The van der Waals surface area contributed by atoms with E-state index in [2.05, 4.69) is 5.32 Å². The van der Waals surface area contributed by atoms with E-state index in [0.29, 0.717) is 30.4 Å². The fourth-order valence-corrected chi connectivity index (χ4v) is 2.40. The molecule has 0 atom stereocenters. The summed E-state index contributed by atoms with van der Waals surface area (Å²) in [6, 6.07) is 5.26. The highest BCUT2D eigenvalue weighted by Crippen LogP contribution is 2.35. The highest BCUT2D eigenvalue weighted by atomic mass is 16.6. The third kappa shape index (κ3) is 2.07. The SMILES string of the molecule is CC1(C)NC(=O)CN(c2ccc3c(c2)OCCO3)C1=O. The predicted octanol–water partition coefficient (Wildman–Crippen LogP) is 0.699. The van der Waals surface area contributed by atoms with Crippen LogP contribution in [0.4, 0.5) is 5.69 Å². The number of rotatable bonds is 1. The number of ether oxygens (including phenoxy) is 2. The molecule has 2 aliphatic rings. The fraction of sp³-hybridized carbons (Fsp3) is 0.429. The zero-order valence-electron chi connectivity index (χ0n) is 11.4. The molecular formula is C14H16N2O4. The summed E-state index contributed by atoms with van der Waals surface area (Å²) in [4.78, 5) is 25.6. The average molecular weight is 276 g/mol. The molecule has 6 heteroatoms. The minimum Gasteiger partial charge on any atom is -0.486 e. The number of carbonyl (C=O) groups excluding carboxylic acids is 2. The van der Waals surface area contributed by atoms with Crippen LogP contribution in [0.25, 0.3) is 0 Å². The van der Waals surface area contributed by atoms with Gasteiger partial charge in [0.2, 0.25) is 5.91 Å². The zero-order chi connectivity index (χ0) is 14.3. The molecule has 20 heavy (non-hydrogen) atoms. The van der Waals surface area contributed by atoms with Crippen molar-refractivity contribution in [3.05, 3.63) is 18.2 Å². The molecular weight excluding hydrogens is 260 g/mol. The van der Waals surface area contributed by atoms with Crippen molar-refractivity contribution in [3.8, 4) is 11.5 Å². The van der Waals surface area contributed by atoms with Crippen LogP contribution in [0.1, 0.15) is 13.8 Å². The van der Waals surface area contributed by atoms with Crippen molar-refractivity contribution >= 4 is 17.5 Å². The second kappa shape index (κ2) is 4.40. The molecule has 1 aromatic rings. The van der Waals surface area contributed by atoms with Gasteiger partial charge in [-0.25, -0.2) is 0 Å². The number of carbonyl (C=O) groups is 2. The van der Waals surface area contributed by atoms with Gasteiger partial charge >= 0.3 is 0 Å². The molecule has 1 saturated heterocycles. The quantitative estimate of drug-likeness (QED) is 0.820. The molecule has 6 nitrogen and oxygen atoms in total. The Hall–Kier alpha value is -2.24. The Bertz CT molecular complexity index is 583. The first-order valence-electron chi connectivity index (χ1n) is 6.50. The normalized spacial score (nSPS) is 20.6. The molecule has 1 N–H and O–H groups in total. The Kier molecular flexibility index (Phi) is 2.81. The van der Waals surface area contributed by atoms with Gasteiger partial charge in [0.25, 0.3) is 5.91 Å². The third-order valence-electron chi connectivity index (χ3n) is 3.37. The molecule has 0 radical (unpaired) electrons. The highest BCUT2D eigenvalue weighted by Gasteiger charge is 2.39. The first kappa shape index (κ1) is 12.8. The fourth-order valence-electron chi connectivity index (χ4n) is 2.40. The van der Waals surface area contributed by atoms with Crippen molar-refractivity contribution in [1.82, 2.24) is 5.32 Å². The molecule has 0 unspecified atom stereocenters. The van der Waals surface area contributed by atoms with E-state index in [1.165, 1.54) is 4.90 Å². The molecule has 0 aliphatic carbocycles. The van der Waals surface area contributed by atoms with Gasteiger partial charge < -0.3 is 19.7 Å². The molecule has 3 rings (SSSR count). The monoisotopic (exact) mass is 276 g/mol. The number of amides is 2. The molecule has 106 valence electrons. The van der Waals surface area contributed by atoms with Crippen molar-refractivity contribution in [2.45, 2.75) is 19.4 Å². The van der Waals surface area contributed by atoms with Gasteiger partial charge in [0, 0.05) is 11.8 Å². The summed E-state index contributed by atoms with van der Waals surface area (Å²) >= 11 is 0. The van der Waals surface area contributed by atoms with E-state index in [9.17, 15) is 9.59 Å². The molecule has 1 aromatic carbocycles.